The van der Waals surface area contributed by atoms with E-state index < -0.39 is 40.8 Å². The quantitative estimate of drug-likeness (QED) is 0.163. The number of aryl methyl sites for hydroxylation is 1. The molecule has 232 valence electrons. The van der Waals surface area contributed by atoms with Gasteiger partial charge in [-0.25, -0.2) is 0 Å². The summed E-state index contributed by atoms with van der Waals surface area (Å²) in [6.45, 7) is 2.37. The van der Waals surface area contributed by atoms with Crippen LogP contribution in [0.4, 0.5) is 0 Å². The zero-order chi connectivity index (χ0) is 30.8. The molecular weight excluding hydrogens is 580 g/mol. The van der Waals surface area contributed by atoms with Crippen molar-refractivity contribution in [1.29, 1.82) is 0 Å². The lowest BCUT2D eigenvalue weighted by Crippen LogP contribution is -2.61. The van der Waals surface area contributed by atoms with Gasteiger partial charge in [0.15, 0.2) is 6.29 Å². The minimum absolute atomic E-state index is 0.0601. The summed E-state index contributed by atoms with van der Waals surface area (Å²) in [7, 11) is -2.55. The number of hydrogen-bond donors (Lipinski definition) is 0. The van der Waals surface area contributed by atoms with Crippen molar-refractivity contribution in [2.45, 2.75) is 62.3 Å². The first-order chi connectivity index (χ1) is 21.4. The minimum atomic E-state index is -4.07. The highest BCUT2D eigenvalue weighted by Crippen LogP contribution is 2.31. The van der Waals surface area contributed by atoms with Crippen LogP contribution in [0.15, 0.2) is 120 Å². The first-order valence-electron chi connectivity index (χ1n) is 14.5. The molecule has 0 amide bonds. The second-order valence-electron chi connectivity index (χ2n) is 10.6. The van der Waals surface area contributed by atoms with Gasteiger partial charge in [0.2, 0.25) is 0 Å². The summed E-state index contributed by atoms with van der Waals surface area (Å²) < 4.78 is 63.4. The number of rotatable bonds is 14. The molecule has 9 heteroatoms. The van der Waals surface area contributed by atoms with Crippen LogP contribution < -0.4 is 0 Å². The second-order valence-corrected chi connectivity index (χ2v) is 12.2. The molecule has 0 radical (unpaired) electrons. The number of methoxy groups -OCH3 is 1. The van der Waals surface area contributed by atoms with Gasteiger partial charge in [-0.3, -0.25) is 4.18 Å². The summed E-state index contributed by atoms with van der Waals surface area (Å²) in [4.78, 5) is 0.0601. The highest BCUT2D eigenvalue weighted by molar-refractivity contribution is 7.86. The van der Waals surface area contributed by atoms with Crippen molar-refractivity contribution < 1.29 is 36.3 Å². The lowest BCUT2D eigenvalue weighted by atomic mass is 9.98. The fraction of sp³-hybridized carbons (Fsp3) is 0.314. The predicted molar refractivity (Wildman–Crippen MR) is 165 cm³/mol. The Hall–Kier alpha value is -3.41. The fourth-order valence-electron chi connectivity index (χ4n) is 5.00. The monoisotopic (exact) mass is 618 g/mol. The Morgan fingerprint density at radius 2 is 1.07 bits per heavy atom. The van der Waals surface area contributed by atoms with Gasteiger partial charge in [-0.2, -0.15) is 8.42 Å². The SMILES string of the molecule is CO[C@H]1O[C@H](COS(=O)(=O)c2ccc(C)cc2)[C@@H](OCc2ccccc2)[C@H](OCc2ccccc2)[C@H]1OCc1ccccc1. The normalized spacial score (nSPS) is 22.1. The molecule has 4 aromatic rings. The Kier molecular flexibility index (Phi) is 11.3. The maximum atomic E-state index is 13.1. The summed E-state index contributed by atoms with van der Waals surface area (Å²) in [5.41, 5.74) is 3.82. The molecular formula is C35H38O8S. The van der Waals surface area contributed by atoms with Gasteiger partial charge >= 0.3 is 0 Å². The molecule has 0 aliphatic carbocycles. The van der Waals surface area contributed by atoms with Crippen molar-refractivity contribution in [2.24, 2.45) is 0 Å². The molecule has 44 heavy (non-hydrogen) atoms. The van der Waals surface area contributed by atoms with Gasteiger partial charge in [-0.15, -0.1) is 0 Å². The molecule has 0 spiro atoms. The number of benzene rings is 4. The average Bonchev–Trinajstić information content (AvgIpc) is 3.06. The van der Waals surface area contributed by atoms with Crippen LogP contribution in [0, 0.1) is 6.92 Å². The van der Waals surface area contributed by atoms with E-state index in [0.717, 1.165) is 22.3 Å². The lowest BCUT2D eigenvalue weighted by Gasteiger charge is -2.45. The van der Waals surface area contributed by atoms with Crippen LogP contribution in [0.3, 0.4) is 0 Å². The molecule has 1 heterocycles. The van der Waals surface area contributed by atoms with Crippen molar-refractivity contribution in [2.75, 3.05) is 13.7 Å². The molecule has 0 unspecified atom stereocenters. The van der Waals surface area contributed by atoms with Crippen LogP contribution in [0.1, 0.15) is 22.3 Å². The van der Waals surface area contributed by atoms with Crippen molar-refractivity contribution in [1.82, 2.24) is 0 Å². The fourth-order valence-corrected chi connectivity index (χ4v) is 5.92. The first kappa shape index (κ1) is 32.0. The summed E-state index contributed by atoms with van der Waals surface area (Å²) in [5.74, 6) is 0. The average molecular weight is 619 g/mol. The van der Waals surface area contributed by atoms with Crippen molar-refractivity contribution in [3.8, 4) is 0 Å². The van der Waals surface area contributed by atoms with Gasteiger partial charge in [-0.1, -0.05) is 109 Å². The first-order valence-corrected chi connectivity index (χ1v) is 15.9. The molecule has 1 fully saturated rings. The summed E-state index contributed by atoms with van der Waals surface area (Å²) in [6.07, 6.45) is -3.90. The van der Waals surface area contributed by atoms with Gasteiger partial charge in [0.25, 0.3) is 10.1 Å². The molecule has 0 aromatic heterocycles. The molecule has 4 aromatic carbocycles. The number of ether oxygens (including phenoxy) is 5. The van der Waals surface area contributed by atoms with Gasteiger partial charge < -0.3 is 23.7 Å². The topological polar surface area (TPSA) is 89.5 Å². The van der Waals surface area contributed by atoms with E-state index in [1.807, 2.05) is 97.9 Å². The molecule has 0 bridgehead atoms. The van der Waals surface area contributed by atoms with E-state index in [1.165, 1.54) is 19.2 Å². The standard InChI is InChI=1S/C35H38O8S/c1-26-18-20-30(21-19-26)44(36,37)42-25-31-32(39-22-27-12-6-3-7-13-27)33(40-23-28-14-8-4-9-15-28)34(35(38-2)43-31)41-24-29-16-10-5-11-17-29/h3-21,31-35H,22-25H2,1-2H3/t31-,32-,33+,34-,35+/m1/s1. The van der Waals surface area contributed by atoms with Crippen LogP contribution in [0.2, 0.25) is 0 Å². The highest BCUT2D eigenvalue weighted by atomic mass is 32.2. The molecule has 5 rings (SSSR count). The van der Waals surface area contributed by atoms with Crippen molar-refractivity contribution in [3.63, 3.8) is 0 Å². The maximum absolute atomic E-state index is 13.1. The van der Waals surface area contributed by atoms with E-state index in [2.05, 4.69) is 0 Å². The molecule has 1 saturated heterocycles. The largest absolute Gasteiger partial charge is 0.368 e. The van der Waals surface area contributed by atoms with Gasteiger partial charge in [0.05, 0.1) is 31.3 Å². The third kappa shape index (κ3) is 8.61. The van der Waals surface area contributed by atoms with Gasteiger partial charge in [0.1, 0.15) is 24.4 Å². The summed E-state index contributed by atoms with van der Waals surface area (Å²) in [6, 6.07) is 35.8. The Bertz CT molecular complexity index is 1520. The molecule has 0 N–H and O–H groups in total. The Morgan fingerprint density at radius 1 is 0.614 bits per heavy atom. The summed E-state index contributed by atoms with van der Waals surface area (Å²) >= 11 is 0. The zero-order valence-electron chi connectivity index (χ0n) is 24.9. The molecule has 1 aliphatic heterocycles. The summed E-state index contributed by atoms with van der Waals surface area (Å²) in [5, 5.41) is 0. The van der Waals surface area contributed by atoms with Crippen LogP contribution in [0.5, 0.6) is 0 Å². The van der Waals surface area contributed by atoms with E-state index in [4.69, 9.17) is 27.9 Å². The van der Waals surface area contributed by atoms with Crippen LogP contribution in [0.25, 0.3) is 0 Å². The van der Waals surface area contributed by atoms with Crippen LogP contribution in [-0.2, 0) is 57.8 Å². The predicted octanol–water partition coefficient (Wildman–Crippen LogP) is 5.83. The molecule has 8 nitrogen and oxygen atoms in total. The van der Waals surface area contributed by atoms with Crippen LogP contribution in [-0.4, -0.2) is 52.8 Å². The smallest absolute Gasteiger partial charge is 0.297 e. The van der Waals surface area contributed by atoms with E-state index in [1.54, 1.807) is 12.1 Å². The number of hydrogen-bond acceptors (Lipinski definition) is 8. The molecule has 0 saturated carbocycles. The second kappa shape index (κ2) is 15.5. The zero-order valence-corrected chi connectivity index (χ0v) is 25.7. The van der Waals surface area contributed by atoms with Crippen molar-refractivity contribution in [3.05, 3.63) is 138 Å². The third-order valence-electron chi connectivity index (χ3n) is 7.38. The Labute approximate surface area is 259 Å². The van der Waals surface area contributed by atoms with E-state index >= 15 is 0 Å². The Morgan fingerprint density at radius 3 is 1.55 bits per heavy atom. The lowest BCUT2D eigenvalue weighted by molar-refractivity contribution is -0.320. The van der Waals surface area contributed by atoms with E-state index in [9.17, 15) is 8.42 Å². The maximum Gasteiger partial charge on any atom is 0.297 e. The van der Waals surface area contributed by atoms with Gasteiger partial charge in [-0.05, 0) is 35.7 Å². The van der Waals surface area contributed by atoms with Crippen molar-refractivity contribution >= 4 is 10.1 Å². The van der Waals surface area contributed by atoms with E-state index in [-0.39, 0.29) is 31.3 Å². The third-order valence-corrected chi connectivity index (χ3v) is 8.67. The van der Waals surface area contributed by atoms with Crippen LogP contribution >= 0.6 is 0 Å². The molecule has 1 aliphatic rings. The molecule has 5 atom stereocenters. The van der Waals surface area contributed by atoms with E-state index in [0.29, 0.717) is 0 Å². The Balaban J connectivity index is 1.43. The highest BCUT2D eigenvalue weighted by Gasteiger charge is 2.49. The minimum Gasteiger partial charge on any atom is -0.368 e. The van der Waals surface area contributed by atoms with Gasteiger partial charge in [0, 0.05) is 7.11 Å².